The molecular weight excluding hydrogens is 300 g/mol. The minimum absolute atomic E-state index is 0.190. The van der Waals surface area contributed by atoms with E-state index in [9.17, 15) is 4.79 Å². The fourth-order valence-electron chi connectivity index (χ4n) is 2.31. The average Bonchev–Trinajstić information content (AvgIpc) is 2.61. The van der Waals surface area contributed by atoms with Crippen LogP contribution in [0.3, 0.4) is 0 Å². The molecule has 4 heteroatoms. The van der Waals surface area contributed by atoms with E-state index in [2.05, 4.69) is 23.5 Å². The van der Waals surface area contributed by atoms with Crippen molar-refractivity contribution in [1.82, 2.24) is 5.32 Å². The van der Waals surface area contributed by atoms with Gasteiger partial charge in [-0.1, -0.05) is 43.2 Å². The zero-order chi connectivity index (χ0) is 17.2. The number of urea groups is 1. The van der Waals surface area contributed by atoms with Crippen LogP contribution in [-0.4, -0.2) is 19.2 Å². The lowest BCUT2D eigenvalue weighted by molar-refractivity contribution is 0.252. The lowest BCUT2D eigenvalue weighted by Crippen LogP contribution is -2.30. The van der Waals surface area contributed by atoms with Crippen LogP contribution < -0.4 is 15.4 Å². The Bertz CT molecular complexity index is 702. The first kappa shape index (κ1) is 17.4. The maximum atomic E-state index is 12.0. The van der Waals surface area contributed by atoms with Crippen LogP contribution in [0.2, 0.25) is 0 Å². The molecule has 0 saturated heterocycles. The minimum Gasteiger partial charge on any atom is -0.481 e. The van der Waals surface area contributed by atoms with Crippen molar-refractivity contribution in [1.29, 1.82) is 0 Å². The van der Waals surface area contributed by atoms with Crippen LogP contribution >= 0.6 is 0 Å². The SMILES string of the molecule is C#CCOc1ccc(CCNC(=O)Nc2ccccc2CC)cc1. The molecule has 2 aromatic carbocycles. The van der Waals surface area contributed by atoms with Gasteiger partial charge in [-0.15, -0.1) is 6.42 Å². The summed E-state index contributed by atoms with van der Waals surface area (Å²) in [6.45, 7) is 2.89. The monoisotopic (exact) mass is 322 g/mol. The van der Waals surface area contributed by atoms with E-state index < -0.39 is 0 Å². The van der Waals surface area contributed by atoms with Gasteiger partial charge in [0.1, 0.15) is 12.4 Å². The van der Waals surface area contributed by atoms with Crippen LogP contribution in [0.5, 0.6) is 5.75 Å². The van der Waals surface area contributed by atoms with Crippen LogP contribution in [0, 0.1) is 12.3 Å². The molecular formula is C20H22N2O2. The number of amides is 2. The first-order chi connectivity index (χ1) is 11.7. The van der Waals surface area contributed by atoms with E-state index in [-0.39, 0.29) is 12.6 Å². The molecule has 2 N–H and O–H groups in total. The van der Waals surface area contributed by atoms with E-state index in [1.807, 2.05) is 48.5 Å². The number of anilines is 1. The van der Waals surface area contributed by atoms with Crippen molar-refractivity contribution in [3.05, 3.63) is 59.7 Å². The molecule has 0 aliphatic rings. The molecule has 0 radical (unpaired) electrons. The predicted octanol–water partition coefficient (Wildman–Crippen LogP) is 3.63. The number of carbonyl (C=O) groups excluding carboxylic acids is 1. The lowest BCUT2D eigenvalue weighted by atomic mass is 10.1. The van der Waals surface area contributed by atoms with E-state index >= 15 is 0 Å². The Kier molecular flexibility index (Phi) is 6.73. The highest BCUT2D eigenvalue weighted by molar-refractivity contribution is 5.90. The maximum Gasteiger partial charge on any atom is 0.319 e. The number of hydrogen-bond acceptors (Lipinski definition) is 2. The number of benzene rings is 2. The summed E-state index contributed by atoms with van der Waals surface area (Å²) < 4.78 is 5.33. The average molecular weight is 322 g/mol. The zero-order valence-electron chi connectivity index (χ0n) is 13.8. The Balaban J connectivity index is 1.77. The van der Waals surface area contributed by atoms with Crippen LogP contribution in [0.15, 0.2) is 48.5 Å². The van der Waals surface area contributed by atoms with Gasteiger partial charge in [0.05, 0.1) is 0 Å². The van der Waals surface area contributed by atoms with E-state index in [0.717, 1.165) is 35.4 Å². The number of nitrogens with one attached hydrogen (secondary N) is 2. The standard InChI is InChI=1S/C20H22N2O2/c1-3-15-24-18-11-9-16(10-12-18)13-14-21-20(23)22-19-8-6-5-7-17(19)4-2/h1,5-12H,4,13-15H2,2H3,(H2,21,22,23). The highest BCUT2D eigenvalue weighted by Crippen LogP contribution is 2.15. The van der Waals surface area contributed by atoms with Crippen molar-refractivity contribution in [3.8, 4) is 18.1 Å². The zero-order valence-corrected chi connectivity index (χ0v) is 13.8. The molecule has 0 aliphatic carbocycles. The van der Waals surface area contributed by atoms with Gasteiger partial charge in [0, 0.05) is 12.2 Å². The molecule has 0 aromatic heterocycles. The fraction of sp³-hybridized carbons (Fsp3) is 0.250. The molecule has 24 heavy (non-hydrogen) atoms. The Hall–Kier alpha value is -2.93. The Labute approximate surface area is 143 Å². The van der Waals surface area contributed by atoms with Crippen molar-refractivity contribution in [2.45, 2.75) is 19.8 Å². The van der Waals surface area contributed by atoms with Crippen LogP contribution in [0.4, 0.5) is 10.5 Å². The van der Waals surface area contributed by atoms with Gasteiger partial charge >= 0.3 is 6.03 Å². The summed E-state index contributed by atoms with van der Waals surface area (Å²) in [7, 11) is 0. The molecule has 0 bridgehead atoms. The minimum atomic E-state index is -0.190. The Morgan fingerprint density at radius 2 is 1.92 bits per heavy atom. The van der Waals surface area contributed by atoms with Gasteiger partial charge in [-0.2, -0.15) is 0 Å². The number of carbonyl (C=O) groups is 1. The van der Waals surface area contributed by atoms with Gasteiger partial charge in [0.2, 0.25) is 0 Å². The second-order valence-electron chi connectivity index (χ2n) is 5.28. The third-order valence-electron chi connectivity index (χ3n) is 3.59. The molecule has 2 amide bonds. The summed E-state index contributed by atoms with van der Waals surface area (Å²) in [4.78, 5) is 12.0. The van der Waals surface area contributed by atoms with E-state index in [0.29, 0.717) is 6.54 Å². The molecule has 2 aromatic rings. The van der Waals surface area contributed by atoms with Crippen molar-refractivity contribution in [2.24, 2.45) is 0 Å². The van der Waals surface area contributed by atoms with E-state index in [1.54, 1.807) is 0 Å². The first-order valence-electron chi connectivity index (χ1n) is 8.01. The smallest absolute Gasteiger partial charge is 0.319 e. The highest BCUT2D eigenvalue weighted by Gasteiger charge is 2.04. The number of rotatable bonds is 7. The summed E-state index contributed by atoms with van der Waals surface area (Å²) >= 11 is 0. The van der Waals surface area contributed by atoms with Crippen molar-refractivity contribution >= 4 is 11.7 Å². The molecule has 0 atom stereocenters. The van der Waals surface area contributed by atoms with Crippen LogP contribution in [0.1, 0.15) is 18.1 Å². The summed E-state index contributed by atoms with van der Waals surface area (Å²) in [5, 5.41) is 5.76. The number of ether oxygens (including phenoxy) is 1. The molecule has 0 saturated carbocycles. The summed E-state index contributed by atoms with van der Waals surface area (Å²) in [6.07, 6.45) is 6.78. The quantitative estimate of drug-likeness (QED) is 0.765. The number of terminal acetylenes is 1. The topological polar surface area (TPSA) is 50.4 Å². The molecule has 124 valence electrons. The molecule has 4 nitrogen and oxygen atoms in total. The largest absolute Gasteiger partial charge is 0.481 e. The highest BCUT2D eigenvalue weighted by atomic mass is 16.5. The van der Waals surface area contributed by atoms with Gasteiger partial charge in [-0.3, -0.25) is 0 Å². The molecule has 0 aliphatic heterocycles. The first-order valence-corrected chi connectivity index (χ1v) is 8.01. The van der Waals surface area contributed by atoms with Gasteiger partial charge < -0.3 is 15.4 Å². The Morgan fingerprint density at radius 1 is 1.17 bits per heavy atom. The number of hydrogen-bond donors (Lipinski definition) is 2. The number of aryl methyl sites for hydroxylation is 1. The second-order valence-corrected chi connectivity index (χ2v) is 5.28. The third kappa shape index (κ3) is 5.36. The van der Waals surface area contributed by atoms with Gasteiger partial charge in [0.25, 0.3) is 0 Å². The third-order valence-corrected chi connectivity index (χ3v) is 3.59. The summed E-state index contributed by atoms with van der Waals surface area (Å²) in [5.74, 6) is 3.18. The molecule has 0 fully saturated rings. The van der Waals surface area contributed by atoms with Crippen LogP contribution in [-0.2, 0) is 12.8 Å². The van der Waals surface area contributed by atoms with Crippen molar-refractivity contribution < 1.29 is 9.53 Å². The second kappa shape index (κ2) is 9.26. The molecule has 0 spiro atoms. The fourth-order valence-corrected chi connectivity index (χ4v) is 2.31. The number of para-hydroxylation sites is 1. The predicted molar refractivity (Wildman–Crippen MR) is 97.3 cm³/mol. The summed E-state index contributed by atoms with van der Waals surface area (Å²) in [6, 6.07) is 15.3. The van der Waals surface area contributed by atoms with E-state index in [4.69, 9.17) is 11.2 Å². The lowest BCUT2D eigenvalue weighted by Gasteiger charge is -2.11. The maximum absolute atomic E-state index is 12.0. The van der Waals surface area contributed by atoms with Gasteiger partial charge in [0.15, 0.2) is 0 Å². The molecule has 0 heterocycles. The molecule has 0 unspecified atom stereocenters. The van der Waals surface area contributed by atoms with E-state index in [1.165, 1.54) is 0 Å². The van der Waals surface area contributed by atoms with Crippen molar-refractivity contribution in [2.75, 3.05) is 18.5 Å². The summed E-state index contributed by atoms with van der Waals surface area (Å²) in [5.41, 5.74) is 3.10. The normalized spacial score (nSPS) is 9.83. The van der Waals surface area contributed by atoms with Gasteiger partial charge in [-0.05, 0) is 42.2 Å². The van der Waals surface area contributed by atoms with Crippen molar-refractivity contribution in [3.63, 3.8) is 0 Å². The Morgan fingerprint density at radius 3 is 2.62 bits per heavy atom. The molecule has 2 rings (SSSR count). The van der Waals surface area contributed by atoms with Crippen LogP contribution in [0.25, 0.3) is 0 Å². The van der Waals surface area contributed by atoms with Gasteiger partial charge in [-0.25, -0.2) is 4.79 Å².